The molecule has 0 aliphatic carbocycles. The van der Waals surface area contributed by atoms with Crippen molar-refractivity contribution in [3.05, 3.63) is 59.3 Å². The van der Waals surface area contributed by atoms with Crippen LogP contribution in [-0.2, 0) is 0 Å². The molecule has 1 saturated heterocycles. The van der Waals surface area contributed by atoms with Gasteiger partial charge >= 0.3 is 0 Å². The second kappa shape index (κ2) is 6.41. The number of benzene rings is 1. The van der Waals surface area contributed by atoms with E-state index in [0.29, 0.717) is 0 Å². The first-order chi connectivity index (χ1) is 11.1. The van der Waals surface area contributed by atoms with Gasteiger partial charge in [0, 0.05) is 32.4 Å². The van der Waals surface area contributed by atoms with Crippen LogP contribution in [-0.4, -0.2) is 36.4 Å². The maximum Gasteiger partial charge on any atom is 0.254 e. The largest absolute Gasteiger partial charge is 0.363 e. The van der Waals surface area contributed by atoms with Crippen LogP contribution < -0.4 is 4.90 Å². The average Bonchev–Trinajstić information content (AvgIpc) is 3.04. The average molecular weight is 309 g/mol. The van der Waals surface area contributed by atoms with E-state index in [-0.39, 0.29) is 11.9 Å². The van der Waals surface area contributed by atoms with Crippen molar-refractivity contribution in [1.82, 2.24) is 9.88 Å². The summed E-state index contributed by atoms with van der Waals surface area (Å²) in [6.45, 7) is 2.89. The van der Waals surface area contributed by atoms with E-state index in [2.05, 4.69) is 18.0 Å². The van der Waals surface area contributed by atoms with E-state index in [1.54, 1.807) is 0 Å². The Balaban J connectivity index is 1.87. The lowest BCUT2D eigenvalue weighted by Gasteiger charge is -2.26. The number of hydrogen-bond acceptors (Lipinski definition) is 3. The van der Waals surface area contributed by atoms with Crippen LogP contribution in [0, 0.1) is 6.92 Å². The lowest BCUT2D eigenvalue weighted by atomic mass is 10.0. The molecule has 4 nitrogen and oxygen atoms in total. The molecule has 0 saturated carbocycles. The summed E-state index contributed by atoms with van der Waals surface area (Å²) >= 11 is 0. The third-order valence-electron chi connectivity index (χ3n) is 4.41. The van der Waals surface area contributed by atoms with Gasteiger partial charge in [-0.1, -0.05) is 18.2 Å². The molecule has 1 aromatic carbocycles. The highest BCUT2D eigenvalue weighted by atomic mass is 16.2. The van der Waals surface area contributed by atoms with Crippen LogP contribution >= 0.6 is 0 Å². The number of aryl methyl sites for hydroxylation is 1. The molecule has 23 heavy (non-hydrogen) atoms. The summed E-state index contributed by atoms with van der Waals surface area (Å²) in [7, 11) is 3.99. The SMILES string of the molecule is Cc1cc([C@@H]2CCCN2C(=O)c2ccccc2)cnc1N(C)C. The molecule has 1 aromatic heterocycles. The van der Waals surface area contributed by atoms with Crippen LogP contribution in [0.1, 0.15) is 40.4 Å². The first kappa shape index (κ1) is 15.5. The predicted octanol–water partition coefficient (Wildman–Crippen LogP) is 3.43. The number of carbonyl (C=O) groups excluding carboxylic acids is 1. The summed E-state index contributed by atoms with van der Waals surface area (Å²) in [5, 5.41) is 0. The van der Waals surface area contributed by atoms with Crippen molar-refractivity contribution in [1.29, 1.82) is 0 Å². The first-order valence-corrected chi connectivity index (χ1v) is 8.08. The normalized spacial score (nSPS) is 17.3. The quantitative estimate of drug-likeness (QED) is 0.871. The standard InChI is InChI=1S/C19H23N3O/c1-14-12-16(13-20-18(14)21(2)3)17-10-7-11-22(17)19(23)15-8-5-4-6-9-15/h4-6,8-9,12-13,17H,7,10-11H2,1-3H3/t17-/m0/s1. The van der Waals surface area contributed by atoms with Gasteiger partial charge in [0.15, 0.2) is 0 Å². The minimum atomic E-state index is 0.113. The van der Waals surface area contributed by atoms with Crippen molar-refractivity contribution in [3.8, 4) is 0 Å². The first-order valence-electron chi connectivity index (χ1n) is 8.08. The Hall–Kier alpha value is -2.36. The molecule has 1 aliphatic heterocycles. The molecule has 1 fully saturated rings. The van der Waals surface area contributed by atoms with Crippen molar-refractivity contribution in [2.24, 2.45) is 0 Å². The Bertz CT molecular complexity index is 697. The number of rotatable bonds is 3. The molecule has 1 atom stereocenters. The number of carbonyl (C=O) groups is 1. The van der Waals surface area contributed by atoms with Crippen molar-refractivity contribution in [2.75, 3.05) is 25.5 Å². The molecule has 0 N–H and O–H groups in total. The van der Waals surface area contributed by atoms with Crippen LogP contribution in [0.15, 0.2) is 42.6 Å². The van der Waals surface area contributed by atoms with Crippen LogP contribution in [0.2, 0.25) is 0 Å². The van der Waals surface area contributed by atoms with Crippen molar-refractivity contribution >= 4 is 11.7 Å². The van der Waals surface area contributed by atoms with E-state index in [1.807, 2.05) is 60.4 Å². The zero-order valence-electron chi connectivity index (χ0n) is 14.0. The number of likely N-dealkylation sites (tertiary alicyclic amines) is 1. The van der Waals surface area contributed by atoms with Gasteiger partial charge in [-0.25, -0.2) is 4.98 Å². The number of hydrogen-bond donors (Lipinski definition) is 0. The fourth-order valence-electron chi connectivity index (χ4n) is 3.34. The Morgan fingerprint density at radius 2 is 2.00 bits per heavy atom. The van der Waals surface area contributed by atoms with Gasteiger partial charge in [-0.3, -0.25) is 4.79 Å². The third-order valence-corrected chi connectivity index (χ3v) is 4.41. The topological polar surface area (TPSA) is 36.4 Å². The molecule has 120 valence electrons. The van der Waals surface area contributed by atoms with Gasteiger partial charge in [-0.05, 0) is 49.1 Å². The fourth-order valence-corrected chi connectivity index (χ4v) is 3.34. The van der Waals surface area contributed by atoms with E-state index in [0.717, 1.165) is 41.9 Å². The van der Waals surface area contributed by atoms with Crippen LogP contribution in [0.3, 0.4) is 0 Å². The molecule has 0 bridgehead atoms. The lowest BCUT2D eigenvalue weighted by Crippen LogP contribution is -2.30. The van der Waals surface area contributed by atoms with Gasteiger partial charge in [0.05, 0.1) is 6.04 Å². The molecule has 0 radical (unpaired) electrons. The minimum Gasteiger partial charge on any atom is -0.363 e. The van der Waals surface area contributed by atoms with Crippen LogP contribution in [0.25, 0.3) is 0 Å². The van der Waals surface area contributed by atoms with E-state index in [1.165, 1.54) is 0 Å². The molecule has 1 amide bonds. The van der Waals surface area contributed by atoms with Crippen molar-refractivity contribution < 1.29 is 4.79 Å². The summed E-state index contributed by atoms with van der Waals surface area (Å²) in [5.41, 5.74) is 3.04. The molecule has 3 rings (SSSR count). The van der Waals surface area contributed by atoms with E-state index in [4.69, 9.17) is 0 Å². The van der Waals surface area contributed by atoms with Gasteiger partial charge in [0.25, 0.3) is 5.91 Å². The minimum absolute atomic E-state index is 0.113. The highest BCUT2D eigenvalue weighted by Crippen LogP contribution is 2.34. The Kier molecular flexibility index (Phi) is 4.33. The number of pyridine rings is 1. The maximum atomic E-state index is 12.8. The Morgan fingerprint density at radius 1 is 1.26 bits per heavy atom. The Labute approximate surface area is 137 Å². The van der Waals surface area contributed by atoms with Crippen molar-refractivity contribution in [3.63, 3.8) is 0 Å². The summed E-state index contributed by atoms with van der Waals surface area (Å²) in [6, 6.07) is 11.8. The second-order valence-corrected chi connectivity index (χ2v) is 6.33. The maximum absolute atomic E-state index is 12.8. The summed E-state index contributed by atoms with van der Waals surface area (Å²) in [6.07, 6.45) is 3.96. The number of aromatic nitrogens is 1. The molecule has 0 spiro atoms. The van der Waals surface area contributed by atoms with Crippen LogP contribution in [0.4, 0.5) is 5.82 Å². The third kappa shape index (κ3) is 3.07. The van der Waals surface area contributed by atoms with E-state index >= 15 is 0 Å². The van der Waals surface area contributed by atoms with Gasteiger partial charge in [-0.15, -0.1) is 0 Å². The van der Waals surface area contributed by atoms with Gasteiger partial charge in [0.2, 0.25) is 0 Å². The molecule has 2 aromatic rings. The molecule has 4 heteroatoms. The van der Waals surface area contributed by atoms with Gasteiger partial charge < -0.3 is 9.80 Å². The second-order valence-electron chi connectivity index (χ2n) is 6.33. The Morgan fingerprint density at radius 3 is 2.65 bits per heavy atom. The number of anilines is 1. The predicted molar refractivity (Wildman–Crippen MR) is 92.8 cm³/mol. The smallest absolute Gasteiger partial charge is 0.254 e. The van der Waals surface area contributed by atoms with Gasteiger partial charge in [0.1, 0.15) is 5.82 Å². The molecule has 0 unspecified atom stereocenters. The monoisotopic (exact) mass is 309 g/mol. The highest BCUT2D eigenvalue weighted by Gasteiger charge is 2.31. The highest BCUT2D eigenvalue weighted by molar-refractivity contribution is 5.94. The summed E-state index contributed by atoms with van der Waals surface area (Å²) in [5.74, 6) is 1.09. The van der Waals surface area contributed by atoms with Crippen molar-refractivity contribution in [2.45, 2.75) is 25.8 Å². The fraction of sp³-hybridized carbons (Fsp3) is 0.368. The number of nitrogens with zero attached hydrogens (tertiary/aromatic N) is 3. The lowest BCUT2D eigenvalue weighted by molar-refractivity contribution is 0.0735. The van der Waals surface area contributed by atoms with E-state index in [9.17, 15) is 4.79 Å². The summed E-state index contributed by atoms with van der Waals surface area (Å²) in [4.78, 5) is 21.4. The molecule has 2 heterocycles. The zero-order valence-corrected chi connectivity index (χ0v) is 14.0. The molecular weight excluding hydrogens is 286 g/mol. The zero-order chi connectivity index (χ0) is 16.4. The molecule has 1 aliphatic rings. The van der Waals surface area contributed by atoms with E-state index < -0.39 is 0 Å². The molecular formula is C19H23N3O. The van der Waals surface area contributed by atoms with Crippen LogP contribution in [0.5, 0.6) is 0 Å². The summed E-state index contributed by atoms with van der Waals surface area (Å²) < 4.78 is 0. The number of amides is 1. The van der Waals surface area contributed by atoms with Gasteiger partial charge in [-0.2, -0.15) is 0 Å².